The lowest BCUT2D eigenvalue weighted by Crippen LogP contribution is -2.31. The minimum absolute atomic E-state index is 0.220. The van der Waals surface area contributed by atoms with Crippen molar-refractivity contribution < 1.29 is 8.42 Å². The van der Waals surface area contributed by atoms with Crippen LogP contribution in [0.15, 0.2) is 47.6 Å². The van der Waals surface area contributed by atoms with Crippen LogP contribution in [-0.2, 0) is 10.0 Å². The van der Waals surface area contributed by atoms with Crippen molar-refractivity contribution in [3.05, 3.63) is 54.1 Å². The van der Waals surface area contributed by atoms with Crippen LogP contribution in [0.3, 0.4) is 0 Å². The Kier molecular flexibility index (Phi) is 3.73. The van der Waals surface area contributed by atoms with Gasteiger partial charge in [0.05, 0.1) is 28.5 Å². The Morgan fingerprint density at radius 3 is 2.67 bits per heavy atom. The smallest absolute Gasteiger partial charge is 0.243 e. The molecule has 0 aliphatic carbocycles. The van der Waals surface area contributed by atoms with E-state index in [0.29, 0.717) is 11.4 Å². The van der Waals surface area contributed by atoms with Crippen molar-refractivity contribution in [2.24, 2.45) is 0 Å². The topological polar surface area (TPSA) is 63.2 Å². The van der Waals surface area contributed by atoms with Gasteiger partial charge in [-0.05, 0) is 31.9 Å². The van der Waals surface area contributed by atoms with Gasteiger partial charge >= 0.3 is 0 Å². The largest absolute Gasteiger partial charge is 0.261 e. The Morgan fingerprint density at radius 2 is 1.95 bits per heavy atom. The van der Waals surface area contributed by atoms with E-state index in [1.54, 1.807) is 41.0 Å². The van der Waals surface area contributed by atoms with Crippen LogP contribution in [0.25, 0.3) is 0 Å². The Hall–Kier alpha value is -1.79. The summed E-state index contributed by atoms with van der Waals surface area (Å²) in [5.74, 6) is 0. The summed E-state index contributed by atoms with van der Waals surface area (Å²) in [5.41, 5.74) is 1.53. The van der Waals surface area contributed by atoms with Gasteiger partial charge in [0.25, 0.3) is 0 Å². The summed E-state index contributed by atoms with van der Waals surface area (Å²) in [7, 11) is -3.48. The van der Waals surface area contributed by atoms with Crippen molar-refractivity contribution in [1.82, 2.24) is 14.3 Å². The highest BCUT2D eigenvalue weighted by Crippen LogP contribution is 2.35. The number of rotatable bonds is 3. The first kappa shape index (κ1) is 14.2. The Bertz CT molecular complexity index is 732. The summed E-state index contributed by atoms with van der Waals surface area (Å²) >= 11 is 0. The van der Waals surface area contributed by atoms with Gasteiger partial charge in [0.1, 0.15) is 0 Å². The lowest BCUT2D eigenvalue weighted by molar-refractivity contribution is 0.389. The predicted molar refractivity (Wildman–Crippen MR) is 79.1 cm³/mol. The molecule has 0 radical (unpaired) electrons. The minimum Gasteiger partial charge on any atom is -0.261 e. The van der Waals surface area contributed by atoms with E-state index in [1.807, 2.05) is 13.0 Å². The molecule has 2 aromatic rings. The molecule has 21 heavy (non-hydrogen) atoms. The van der Waals surface area contributed by atoms with E-state index in [1.165, 1.54) is 0 Å². The minimum atomic E-state index is -3.48. The third kappa shape index (κ3) is 2.69. The molecule has 0 amide bonds. The molecule has 1 saturated heterocycles. The third-order valence-electron chi connectivity index (χ3n) is 3.67. The number of sulfonamides is 1. The van der Waals surface area contributed by atoms with Crippen molar-refractivity contribution in [2.75, 3.05) is 6.54 Å². The van der Waals surface area contributed by atoms with Crippen LogP contribution in [-0.4, -0.2) is 29.2 Å². The molecular formula is C15H17N3O2S. The quantitative estimate of drug-likeness (QED) is 0.873. The zero-order valence-electron chi connectivity index (χ0n) is 11.8. The van der Waals surface area contributed by atoms with Gasteiger partial charge in [-0.15, -0.1) is 0 Å². The Morgan fingerprint density at radius 1 is 1.19 bits per heavy atom. The number of aromatic nitrogens is 2. The summed E-state index contributed by atoms with van der Waals surface area (Å²) in [4.78, 5) is 8.91. The molecule has 0 saturated carbocycles. The van der Waals surface area contributed by atoms with Gasteiger partial charge < -0.3 is 0 Å². The zero-order chi connectivity index (χ0) is 14.9. The average Bonchev–Trinajstić information content (AvgIpc) is 2.98. The van der Waals surface area contributed by atoms with E-state index < -0.39 is 10.0 Å². The average molecular weight is 303 g/mol. The van der Waals surface area contributed by atoms with E-state index in [0.717, 1.165) is 24.2 Å². The summed E-state index contributed by atoms with van der Waals surface area (Å²) in [6.07, 6.45) is 4.96. The molecule has 1 aliphatic heterocycles. The standard InChI is InChI=1S/C15H17N3O2S/c1-12-10-16-11-14(17-12)15-8-5-9-18(15)21(19,20)13-6-3-2-4-7-13/h2-4,6-7,10-11,15H,5,8-9H2,1H3/t15-/m1/s1. The number of aryl methyl sites for hydroxylation is 1. The molecule has 6 heteroatoms. The monoisotopic (exact) mass is 303 g/mol. The summed E-state index contributed by atoms with van der Waals surface area (Å²) in [6, 6.07) is 8.34. The maximum atomic E-state index is 12.8. The van der Waals surface area contributed by atoms with Crippen molar-refractivity contribution in [3.8, 4) is 0 Å². The van der Waals surface area contributed by atoms with Gasteiger partial charge in [-0.2, -0.15) is 4.31 Å². The van der Waals surface area contributed by atoms with Gasteiger partial charge in [0.2, 0.25) is 10.0 Å². The van der Waals surface area contributed by atoms with Crippen molar-refractivity contribution in [3.63, 3.8) is 0 Å². The summed E-state index contributed by atoms with van der Waals surface area (Å²) in [5, 5.41) is 0. The predicted octanol–water partition coefficient (Wildman–Crippen LogP) is 2.31. The highest BCUT2D eigenvalue weighted by atomic mass is 32.2. The second kappa shape index (κ2) is 5.54. The first-order valence-electron chi connectivity index (χ1n) is 6.94. The zero-order valence-corrected chi connectivity index (χ0v) is 12.6. The molecule has 0 spiro atoms. The second-order valence-corrected chi connectivity index (χ2v) is 7.06. The van der Waals surface area contributed by atoms with Crippen LogP contribution in [0.5, 0.6) is 0 Å². The fourth-order valence-electron chi connectivity index (χ4n) is 2.69. The number of hydrogen-bond acceptors (Lipinski definition) is 4. The molecule has 1 aromatic heterocycles. The molecule has 1 aromatic carbocycles. The first-order valence-corrected chi connectivity index (χ1v) is 8.38. The van der Waals surface area contributed by atoms with Gasteiger partial charge in [0, 0.05) is 12.7 Å². The molecule has 3 rings (SSSR count). The Balaban J connectivity index is 1.98. The van der Waals surface area contributed by atoms with Crippen molar-refractivity contribution in [2.45, 2.75) is 30.7 Å². The lowest BCUT2D eigenvalue weighted by atomic mass is 10.2. The molecule has 2 heterocycles. The van der Waals surface area contributed by atoms with E-state index in [4.69, 9.17) is 0 Å². The normalized spacial score (nSPS) is 19.8. The molecule has 0 bridgehead atoms. The van der Waals surface area contributed by atoms with Crippen LogP contribution in [0, 0.1) is 6.92 Å². The van der Waals surface area contributed by atoms with Crippen molar-refractivity contribution >= 4 is 10.0 Å². The highest BCUT2D eigenvalue weighted by Gasteiger charge is 2.36. The van der Waals surface area contributed by atoms with Crippen molar-refractivity contribution in [1.29, 1.82) is 0 Å². The molecule has 0 N–H and O–H groups in total. The van der Waals surface area contributed by atoms with Crippen LogP contribution in [0.1, 0.15) is 30.3 Å². The number of nitrogens with zero attached hydrogens (tertiary/aromatic N) is 3. The van der Waals surface area contributed by atoms with Gasteiger partial charge in [-0.1, -0.05) is 18.2 Å². The SMILES string of the molecule is Cc1cncc([C@H]2CCCN2S(=O)(=O)c2ccccc2)n1. The molecule has 0 unspecified atom stereocenters. The fraction of sp³-hybridized carbons (Fsp3) is 0.333. The molecular weight excluding hydrogens is 286 g/mol. The van der Waals surface area contributed by atoms with Crippen LogP contribution in [0.2, 0.25) is 0 Å². The number of benzene rings is 1. The summed E-state index contributed by atoms with van der Waals surface area (Å²) in [6.45, 7) is 2.39. The first-order chi connectivity index (χ1) is 10.1. The molecule has 1 atom stereocenters. The highest BCUT2D eigenvalue weighted by molar-refractivity contribution is 7.89. The maximum absolute atomic E-state index is 12.8. The van der Waals surface area contributed by atoms with E-state index in [-0.39, 0.29) is 6.04 Å². The van der Waals surface area contributed by atoms with Crippen LogP contribution >= 0.6 is 0 Å². The van der Waals surface area contributed by atoms with Crippen LogP contribution in [0.4, 0.5) is 0 Å². The Labute approximate surface area is 124 Å². The van der Waals surface area contributed by atoms with E-state index >= 15 is 0 Å². The van der Waals surface area contributed by atoms with E-state index in [2.05, 4.69) is 9.97 Å². The molecule has 5 nitrogen and oxygen atoms in total. The summed E-state index contributed by atoms with van der Waals surface area (Å²) < 4.78 is 27.1. The fourth-order valence-corrected chi connectivity index (χ4v) is 4.38. The number of hydrogen-bond donors (Lipinski definition) is 0. The third-order valence-corrected chi connectivity index (χ3v) is 5.59. The lowest BCUT2D eigenvalue weighted by Gasteiger charge is -2.23. The molecule has 1 aliphatic rings. The molecule has 110 valence electrons. The van der Waals surface area contributed by atoms with Crippen LogP contribution < -0.4 is 0 Å². The molecule has 1 fully saturated rings. The second-order valence-electron chi connectivity index (χ2n) is 5.17. The van der Waals surface area contributed by atoms with Gasteiger partial charge in [-0.25, -0.2) is 8.42 Å². The maximum Gasteiger partial charge on any atom is 0.243 e. The van der Waals surface area contributed by atoms with Gasteiger partial charge in [0.15, 0.2) is 0 Å². The van der Waals surface area contributed by atoms with E-state index in [9.17, 15) is 8.42 Å². The van der Waals surface area contributed by atoms with Gasteiger partial charge in [-0.3, -0.25) is 9.97 Å².